The molecule has 2 amide bonds. The van der Waals surface area contributed by atoms with E-state index >= 15 is 0 Å². The number of amides is 2. The van der Waals surface area contributed by atoms with Gasteiger partial charge in [-0.1, -0.05) is 12.5 Å². The molecule has 1 aliphatic heterocycles. The van der Waals surface area contributed by atoms with Gasteiger partial charge in [-0.2, -0.15) is 0 Å². The number of methoxy groups -OCH3 is 1. The normalized spacial score (nSPS) is 18.5. The van der Waals surface area contributed by atoms with Crippen LogP contribution in [0.25, 0.3) is 0 Å². The van der Waals surface area contributed by atoms with Crippen molar-refractivity contribution in [2.24, 2.45) is 5.92 Å². The summed E-state index contributed by atoms with van der Waals surface area (Å²) in [5, 5.41) is 0. The topological polar surface area (TPSA) is 49.9 Å². The van der Waals surface area contributed by atoms with Crippen LogP contribution in [0.2, 0.25) is 0 Å². The highest BCUT2D eigenvalue weighted by molar-refractivity contribution is 5.80. The van der Waals surface area contributed by atoms with Crippen molar-refractivity contribution < 1.29 is 18.7 Å². The standard InChI is InChI=1S/C19H25FN2O3/c1-25-17-7-6-14(12-16(17)20)13-18(23)21-8-3-9-22(11-10-21)19(24)15-4-2-5-15/h6-7,12,15H,2-5,8-11,13H2,1H3. The van der Waals surface area contributed by atoms with E-state index in [1.165, 1.54) is 13.2 Å². The lowest BCUT2D eigenvalue weighted by molar-refractivity contribution is -0.138. The summed E-state index contributed by atoms with van der Waals surface area (Å²) < 4.78 is 18.7. The summed E-state index contributed by atoms with van der Waals surface area (Å²) in [4.78, 5) is 28.6. The van der Waals surface area contributed by atoms with Crippen LogP contribution in [-0.2, 0) is 16.0 Å². The summed E-state index contributed by atoms with van der Waals surface area (Å²) in [6.45, 7) is 2.51. The predicted octanol–water partition coefficient (Wildman–Crippen LogP) is 2.24. The predicted molar refractivity (Wildman–Crippen MR) is 91.8 cm³/mol. The van der Waals surface area contributed by atoms with Gasteiger partial charge in [0.2, 0.25) is 11.8 Å². The Bertz CT molecular complexity index is 646. The summed E-state index contributed by atoms with van der Waals surface area (Å²) in [6.07, 6.45) is 4.11. The Morgan fingerprint density at radius 2 is 1.84 bits per heavy atom. The lowest BCUT2D eigenvalue weighted by Gasteiger charge is -2.31. The Labute approximate surface area is 147 Å². The minimum Gasteiger partial charge on any atom is -0.494 e. The SMILES string of the molecule is COc1ccc(CC(=O)N2CCCN(C(=O)C3CCC3)CC2)cc1F. The first-order chi connectivity index (χ1) is 12.1. The molecule has 25 heavy (non-hydrogen) atoms. The summed E-state index contributed by atoms with van der Waals surface area (Å²) in [7, 11) is 1.41. The van der Waals surface area contributed by atoms with Gasteiger partial charge in [0.05, 0.1) is 13.5 Å². The average Bonchev–Trinajstić information content (AvgIpc) is 2.79. The minimum absolute atomic E-state index is 0.0255. The van der Waals surface area contributed by atoms with Gasteiger partial charge in [0.25, 0.3) is 0 Å². The lowest BCUT2D eigenvalue weighted by Crippen LogP contribution is -2.41. The van der Waals surface area contributed by atoms with E-state index in [1.54, 1.807) is 17.0 Å². The molecule has 0 aromatic heterocycles. The molecule has 1 heterocycles. The molecule has 1 aromatic carbocycles. The number of rotatable bonds is 4. The zero-order chi connectivity index (χ0) is 17.8. The lowest BCUT2D eigenvalue weighted by atomic mass is 9.84. The molecule has 1 saturated heterocycles. The second-order valence-electron chi connectivity index (χ2n) is 6.83. The Balaban J connectivity index is 1.55. The zero-order valence-corrected chi connectivity index (χ0v) is 14.7. The molecular weight excluding hydrogens is 323 g/mol. The van der Waals surface area contributed by atoms with Gasteiger partial charge >= 0.3 is 0 Å². The van der Waals surface area contributed by atoms with E-state index in [4.69, 9.17) is 4.74 Å². The summed E-state index contributed by atoms with van der Waals surface area (Å²) >= 11 is 0. The molecule has 5 nitrogen and oxygen atoms in total. The number of nitrogens with zero attached hydrogens (tertiary/aromatic N) is 2. The van der Waals surface area contributed by atoms with Crippen molar-refractivity contribution in [3.05, 3.63) is 29.6 Å². The van der Waals surface area contributed by atoms with Gasteiger partial charge in [0.1, 0.15) is 0 Å². The second kappa shape index (κ2) is 7.85. The van der Waals surface area contributed by atoms with Crippen LogP contribution in [-0.4, -0.2) is 54.9 Å². The van der Waals surface area contributed by atoms with Crippen molar-refractivity contribution in [2.75, 3.05) is 33.3 Å². The molecule has 2 fully saturated rings. The van der Waals surface area contributed by atoms with Crippen molar-refractivity contribution in [2.45, 2.75) is 32.1 Å². The van der Waals surface area contributed by atoms with Gasteiger partial charge in [-0.25, -0.2) is 4.39 Å². The Hall–Kier alpha value is -2.11. The number of halogens is 1. The summed E-state index contributed by atoms with van der Waals surface area (Å²) in [5.74, 6) is 0.141. The molecule has 0 N–H and O–H groups in total. The van der Waals surface area contributed by atoms with Gasteiger partial charge in [-0.05, 0) is 37.0 Å². The first-order valence-electron chi connectivity index (χ1n) is 8.97. The van der Waals surface area contributed by atoms with Crippen LogP contribution in [0, 0.1) is 11.7 Å². The maximum Gasteiger partial charge on any atom is 0.227 e. The fourth-order valence-corrected chi connectivity index (χ4v) is 3.41. The van der Waals surface area contributed by atoms with Crippen LogP contribution in [0.1, 0.15) is 31.2 Å². The van der Waals surface area contributed by atoms with Crippen molar-refractivity contribution in [1.82, 2.24) is 9.80 Å². The quantitative estimate of drug-likeness (QED) is 0.838. The van der Waals surface area contributed by atoms with E-state index in [-0.39, 0.29) is 29.9 Å². The summed E-state index contributed by atoms with van der Waals surface area (Å²) in [6, 6.07) is 4.60. The third-order valence-electron chi connectivity index (χ3n) is 5.19. The number of hydrogen-bond acceptors (Lipinski definition) is 3. The molecule has 1 saturated carbocycles. The molecule has 1 aliphatic carbocycles. The monoisotopic (exact) mass is 348 g/mol. The second-order valence-corrected chi connectivity index (χ2v) is 6.83. The highest BCUT2D eigenvalue weighted by Crippen LogP contribution is 2.28. The maximum absolute atomic E-state index is 13.8. The largest absolute Gasteiger partial charge is 0.494 e. The van der Waals surface area contributed by atoms with Crippen molar-refractivity contribution >= 4 is 11.8 Å². The number of hydrogen-bond donors (Lipinski definition) is 0. The Morgan fingerprint density at radius 3 is 2.48 bits per heavy atom. The molecule has 6 heteroatoms. The fraction of sp³-hybridized carbons (Fsp3) is 0.579. The third-order valence-corrected chi connectivity index (χ3v) is 5.19. The van der Waals surface area contributed by atoms with Crippen molar-refractivity contribution in [3.8, 4) is 5.75 Å². The Morgan fingerprint density at radius 1 is 1.12 bits per heavy atom. The highest BCUT2D eigenvalue weighted by atomic mass is 19.1. The van der Waals surface area contributed by atoms with Crippen LogP contribution in [0.4, 0.5) is 4.39 Å². The molecule has 136 valence electrons. The fourth-order valence-electron chi connectivity index (χ4n) is 3.41. The minimum atomic E-state index is -0.457. The molecule has 0 unspecified atom stereocenters. The zero-order valence-electron chi connectivity index (χ0n) is 14.7. The van der Waals surface area contributed by atoms with Gasteiger partial charge < -0.3 is 14.5 Å². The molecule has 0 radical (unpaired) electrons. The van der Waals surface area contributed by atoms with Crippen LogP contribution >= 0.6 is 0 Å². The number of carbonyl (C=O) groups excluding carboxylic acids is 2. The number of benzene rings is 1. The maximum atomic E-state index is 13.8. The van der Waals surface area contributed by atoms with Crippen LogP contribution in [0.15, 0.2) is 18.2 Å². The molecule has 0 atom stereocenters. The first kappa shape index (κ1) is 17.7. The van der Waals surface area contributed by atoms with Gasteiger partial charge in [0.15, 0.2) is 11.6 Å². The van der Waals surface area contributed by atoms with E-state index in [9.17, 15) is 14.0 Å². The third kappa shape index (κ3) is 4.11. The molecule has 0 bridgehead atoms. The highest BCUT2D eigenvalue weighted by Gasteiger charge is 2.30. The molecular formula is C19H25FN2O3. The van der Waals surface area contributed by atoms with E-state index in [0.29, 0.717) is 25.2 Å². The van der Waals surface area contributed by atoms with Crippen molar-refractivity contribution in [1.29, 1.82) is 0 Å². The van der Waals surface area contributed by atoms with E-state index < -0.39 is 5.82 Å². The van der Waals surface area contributed by atoms with Crippen molar-refractivity contribution in [3.63, 3.8) is 0 Å². The van der Waals surface area contributed by atoms with Gasteiger partial charge in [-0.15, -0.1) is 0 Å². The number of carbonyl (C=O) groups is 2. The molecule has 2 aliphatic rings. The van der Waals surface area contributed by atoms with E-state index in [2.05, 4.69) is 0 Å². The van der Waals surface area contributed by atoms with Crippen LogP contribution in [0.5, 0.6) is 5.75 Å². The van der Waals surface area contributed by atoms with E-state index in [0.717, 1.165) is 32.2 Å². The first-order valence-corrected chi connectivity index (χ1v) is 8.97. The van der Waals surface area contributed by atoms with E-state index in [1.807, 2.05) is 4.90 Å². The molecule has 1 aromatic rings. The average molecular weight is 348 g/mol. The molecule has 3 rings (SSSR count). The van der Waals surface area contributed by atoms with Crippen LogP contribution in [0.3, 0.4) is 0 Å². The molecule has 0 spiro atoms. The smallest absolute Gasteiger partial charge is 0.227 e. The van der Waals surface area contributed by atoms with Gasteiger partial charge in [0, 0.05) is 32.1 Å². The number of ether oxygens (including phenoxy) is 1. The Kier molecular flexibility index (Phi) is 5.56. The summed E-state index contributed by atoms with van der Waals surface area (Å²) in [5.41, 5.74) is 0.634. The van der Waals surface area contributed by atoms with Gasteiger partial charge in [-0.3, -0.25) is 9.59 Å². The van der Waals surface area contributed by atoms with Crippen LogP contribution < -0.4 is 4.74 Å².